The molecule has 7 heteroatoms. The molecule has 26 heavy (non-hydrogen) atoms. The number of fused-ring (bicyclic) bond motifs is 1. The molecule has 1 aliphatic heterocycles. The van der Waals surface area contributed by atoms with Gasteiger partial charge in [-0.15, -0.1) is 0 Å². The Hall–Kier alpha value is -3.09. The van der Waals surface area contributed by atoms with Crippen molar-refractivity contribution in [2.75, 3.05) is 13.7 Å². The van der Waals surface area contributed by atoms with E-state index >= 15 is 0 Å². The maximum atomic E-state index is 13.2. The monoisotopic (exact) mass is 359 g/mol. The van der Waals surface area contributed by atoms with Gasteiger partial charge in [0.25, 0.3) is 5.91 Å². The number of benzene rings is 2. The van der Waals surface area contributed by atoms with Gasteiger partial charge in [-0.05, 0) is 48.7 Å². The molecule has 0 spiro atoms. The van der Waals surface area contributed by atoms with E-state index in [0.717, 1.165) is 5.56 Å². The third-order valence-corrected chi connectivity index (χ3v) is 4.26. The lowest BCUT2D eigenvalue weighted by molar-refractivity contribution is 0.0918. The van der Waals surface area contributed by atoms with Crippen molar-refractivity contribution in [1.29, 1.82) is 0 Å². The Morgan fingerprint density at radius 1 is 1.42 bits per heavy atom. The summed E-state index contributed by atoms with van der Waals surface area (Å²) in [6.07, 6.45) is 1.53. The van der Waals surface area contributed by atoms with E-state index in [2.05, 4.69) is 5.32 Å². The molecule has 1 heterocycles. The van der Waals surface area contributed by atoms with Crippen molar-refractivity contribution in [3.63, 3.8) is 0 Å². The van der Waals surface area contributed by atoms with E-state index in [1.165, 1.54) is 31.4 Å². The number of aldehydes is 1. The number of rotatable bonds is 5. The lowest BCUT2D eigenvalue weighted by Gasteiger charge is -2.26. The Labute approximate surface area is 149 Å². The number of halogens is 1. The fourth-order valence-electron chi connectivity index (χ4n) is 2.87. The minimum absolute atomic E-state index is 0.0284. The lowest BCUT2D eigenvalue weighted by Crippen LogP contribution is -2.37. The number of phenols is 1. The highest BCUT2D eigenvalue weighted by Crippen LogP contribution is 2.31. The summed E-state index contributed by atoms with van der Waals surface area (Å²) in [5.74, 6) is -0.360. The molecule has 0 aromatic heterocycles. The summed E-state index contributed by atoms with van der Waals surface area (Å²) in [4.78, 5) is 23.4. The number of phenolic OH excluding ortho intramolecular Hbond substituents is 1. The van der Waals surface area contributed by atoms with Gasteiger partial charge < -0.3 is 19.9 Å². The average molecular weight is 359 g/mol. The van der Waals surface area contributed by atoms with E-state index in [4.69, 9.17) is 9.47 Å². The van der Waals surface area contributed by atoms with Gasteiger partial charge in [0.15, 0.2) is 17.8 Å². The van der Waals surface area contributed by atoms with Gasteiger partial charge in [-0.2, -0.15) is 0 Å². The van der Waals surface area contributed by atoms with Crippen LogP contribution in [0, 0.1) is 5.82 Å². The van der Waals surface area contributed by atoms with E-state index in [9.17, 15) is 19.1 Å². The third-order valence-electron chi connectivity index (χ3n) is 4.26. The highest BCUT2D eigenvalue weighted by Gasteiger charge is 2.21. The highest BCUT2D eigenvalue weighted by atomic mass is 19.1. The van der Waals surface area contributed by atoms with Crippen molar-refractivity contribution in [2.24, 2.45) is 0 Å². The number of amides is 1. The standard InChI is InChI=1S/C19H18FNO5/c1-25-17-8-12(6-13(10-22)18(17)23)19(24)21-9-15-4-2-11-7-14(20)3-5-16(11)26-15/h3,5-8,10,15,23H,2,4,9H2,1H3,(H,21,24). The second-order valence-corrected chi connectivity index (χ2v) is 5.97. The molecule has 2 aromatic rings. The van der Waals surface area contributed by atoms with Crippen LogP contribution in [0.15, 0.2) is 30.3 Å². The highest BCUT2D eigenvalue weighted by molar-refractivity contribution is 5.97. The van der Waals surface area contributed by atoms with Crippen LogP contribution < -0.4 is 14.8 Å². The van der Waals surface area contributed by atoms with Crippen molar-refractivity contribution in [2.45, 2.75) is 18.9 Å². The van der Waals surface area contributed by atoms with Gasteiger partial charge >= 0.3 is 0 Å². The molecule has 0 fully saturated rings. The van der Waals surface area contributed by atoms with Crippen molar-refractivity contribution in [3.05, 3.63) is 52.8 Å². The normalized spacial score (nSPS) is 15.5. The van der Waals surface area contributed by atoms with E-state index in [0.29, 0.717) is 24.9 Å². The molecule has 2 aromatic carbocycles. The van der Waals surface area contributed by atoms with Crippen LogP contribution in [0.25, 0.3) is 0 Å². The van der Waals surface area contributed by atoms with Crippen LogP contribution in [-0.4, -0.2) is 37.1 Å². The second-order valence-electron chi connectivity index (χ2n) is 5.97. The molecule has 1 aliphatic rings. The fourth-order valence-corrected chi connectivity index (χ4v) is 2.87. The SMILES string of the molecule is COc1cc(C(=O)NCC2CCc3cc(F)ccc3O2)cc(C=O)c1O. The number of hydrogen-bond acceptors (Lipinski definition) is 5. The zero-order valence-electron chi connectivity index (χ0n) is 14.1. The maximum Gasteiger partial charge on any atom is 0.251 e. The Balaban J connectivity index is 1.66. The first-order valence-corrected chi connectivity index (χ1v) is 8.11. The zero-order valence-corrected chi connectivity index (χ0v) is 14.1. The molecule has 2 N–H and O–H groups in total. The molecule has 0 saturated carbocycles. The summed E-state index contributed by atoms with van der Waals surface area (Å²) in [5.41, 5.74) is 0.978. The average Bonchev–Trinajstić information content (AvgIpc) is 2.66. The van der Waals surface area contributed by atoms with E-state index < -0.39 is 5.91 Å². The number of hydrogen-bond donors (Lipinski definition) is 2. The van der Waals surface area contributed by atoms with Gasteiger partial charge in [0.05, 0.1) is 19.2 Å². The number of methoxy groups -OCH3 is 1. The maximum absolute atomic E-state index is 13.2. The van der Waals surface area contributed by atoms with Crippen LogP contribution in [-0.2, 0) is 6.42 Å². The number of ether oxygens (including phenoxy) is 2. The van der Waals surface area contributed by atoms with Crippen LogP contribution in [0.5, 0.6) is 17.2 Å². The zero-order chi connectivity index (χ0) is 18.7. The first-order valence-electron chi connectivity index (χ1n) is 8.11. The molecule has 0 saturated heterocycles. The van der Waals surface area contributed by atoms with Crippen LogP contribution in [0.2, 0.25) is 0 Å². The summed E-state index contributed by atoms with van der Waals surface area (Å²) >= 11 is 0. The van der Waals surface area contributed by atoms with Crippen LogP contribution in [0.3, 0.4) is 0 Å². The van der Waals surface area contributed by atoms with Crippen molar-refractivity contribution < 1.29 is 28.6 Å². The molecular formula is C19H18FNO5. The van der Waals surface area contributed by atoms with E-state index in [1.807, 2.05) is 0 Å². The molecule has 6 nitrogen and oxygen atoms in total. The summed E-state index contributed by atoms with van der Waals surface area (Å²) < 4.78 is 24.0. The van der Waals surface area contributed by atoms with Gasteiger partial charge in [-0.1, -0.05) is 0 Å². The van der Waals surface area contributed by atoms with Gasteiger partial charge in [-0.3, -0.25) is 9.59 Å². The van der Waals surface area contributed by atoms with Gasteiger partial charge in [0, 0.05) is 5.56 Å². The van der Waals surface area contributed by atoms with E-state index in [1.54, 1.807) is 6.07 Å². The van der Waals surface area contributed by atoms with E-state index in [-0.39, 0.29) is 41.1 Å². The minimum Gasteiger partial charge on any atom is -0.504 e. The fraction of sp³-hybridized carbons (Fsp3) is 0.263. The summed E-state index contributed by atoms with van der Waals surface area (Å²) in [6, 6.07) is 7.02. The first-order chi connectivity index (χ1) is 12.5. The smallest absolute Gasteiger partial charge is 0.251 e. The number of aryl methyl sites for hydroxylation is 1. The molecule has 0 aliphatic carbocycles. The summed E-state index contributed by atoms with van der Waals surface area (Å²) in [6.45, 7) is 0.259. The predicted octanol–water partition coefficient (Wildman–Crippen LogP) is 2.48. The first kappa shape index (κ1) is 17.7. The summed E-state index contributed by atoms with van der Waals surface area (Å²) in [7, 11) is 1.33. The number of nitrogens with one attached hydrogen (secondary N) is 1. The van der Waals surface area contributed by atoms with Crippen molar-refractivity contribution in [3.8, 4) is 17.2 Å². The minimum atomic E-state index is -0.417. The molecule has 136 valence electrons. The molecule has 3 rings (SSSR count). The number of carbonyl (C=O) groups is 2. The van der Waals surface area contributed by atoms with Gasteiger partial charge in [0.1, 0.15) is 17.7 Å². The predicted molar refractivity (Wildman–Crippen MR) is 91.5 cm³/mol. The Kier molecular flexibility index (Phi) is 5.06. The Morgan fingerprint density at radius 3 is 2.96 bits per heavy atom. The molecule has 0 radical (unpaired) electrons. The molecular weight excluding hydrogens is 341 g/mol. The van der Waals surface area contributed by atoms with Crippen LogP contribution >= 0.6 is 0 Å². The van der Waals surface area contributed by atoms with Crippen molar-refractivity contribution in [1.82, 2.24) is 5.32 Å². The molecule has 1 atom stereocenters. The molecule has 1 unspecified atom stereocenters. The quantitative estimate of drug-likeness (QED) is 0.801. The largest absolute Gasteiger partial charge is 0.504 e. The lowest BCUT2D eigenvalue weighted by atomic mass is 10.0. The Bertz CT molecular complexity index is 852. The molecule has 0 bridgehead atoms. The summed E-state index contributed by atoms with van der Waals surface area (Å²) in [5, 5.41) is 12.5. The second kappa shape index (κ2) is 7.43. The third kappa shape index (κ3) is 3.61. The number of aromatic hydroxyl groups is 1. The van der Waals surface area contributed by atoms with Gasteiger partial charge in [-0.25, -0.2) is 4.39 Å². The van der Waals surface area contributed by atoms with Crippen LogP contribution in [0.1, 0.15) is 32.7 Å². The topological polar surface area (TPSA) is 84.9 Å². The van der Waals surface area contributed by atoms with Crippen molar-refractivity contribution >= 4 is 12.2 Å². The van der Waals surface area contributed by atoms with Crippen LogP contribution in [0.4, 0.5) is 4.39 Å². The molecule has 1 amide bonds. The Morgan fingerprint density at radius 2 is 2.23 bits per heavy atom. The van der Waals surface area contributed by atoms with Gasteiger partial charge in [0.2, 0.25) is 0 Å². The number of carbonyl (C=O) groups excluding carboxylic acids is 2.